The van der Waals surface area contributed by atoms with E-state index in [2.05, 4.69) is 10.6 Å². The summed E-state index contributed by atoms with van der Waals surface area (Å²) < 4.78 is 18.6. The molecule has 1 aliphatic rings. The van der Waals surface area contributed by atoms with Crippen molar-refractivity contribution < 1.29 is 13.9 Å². The van der Waals surface area contributed by atoms with Gasteiger partial charge in [0, 0.05) is 12.1 Å². The average Bonchev–Trinajstić information content (AvgIpc) is 2.87. The summed E-state index contributed by atoms with van der Waals surface area (Å²) in [6.45, 7) is 5.30. The van der Waals surface area contributed by atoms with Crippen molar-refractivity contribution in [1.82, 2.24) is 10.6 Å². The van der Waals surface area contributed by atoms with Crippen LogP contribution in [0.4, 0.5) is 4.39 Å². The highest BCUT2D eigenvalue weighted by Crippen LogP contribution is 2.29. The molecule has 1 saturated heterocycles. The Morgan fingerprint density at radius 3 is 2.81 bits per heavy atom. The molecule has 1 aromatic carbocycles. The number of nitrogens with one attached hydrogen (secondary N) is 2. The van der Waals surface area contributed by atoms with Gasteiger partial charge in [-0.1, -0.05) is 0 Å². The van der Waals surface area contributed by atoms with Crippen LogP contribution in [0.2, 0.25) is 0 Å². The molecule has 1 aliphatic heterocycles. The maximum atomic E-state index is 13.4. The third-order valence-corrected chi connectivity index (χ3v) is 3.92. The lowest BCUT2D eigenvalue weighted by molar-refractivity contribution is -0.129. The van der Waals surface area contributed by atoms with Gasteiger partial charge in [-0.2, -0.15) is 0 Å². The smallest absolute Gasteiger partial charge is 0.227 e. The molecule has 6 heteroatoms. The molecule has 4 nitrogen and oxygen atoms in total. The number of benzene rings is 1. The average molecular weight is 317 g/mol. The molecule has 1 fully saturated rings. The number of hydrogen-bond donors (Lipinski definition) is 2. The van der Waals surface area contributed by atoms with Crippen LogP contribution >= 0.6 is 12.4 Å². The second kappa shape index (κ2) is 7.09. The van der Waals surface area contributed by atoms with E-state index in [4.69, 9.17) is 4.74 Å². The molecule has 0 spiro atoms. The van der Waals surface area contributed by atoms with E-state index in [0.717, 1.165) is 13.0 Å². The summed E-state index contributed by atoms with van der Waals surface area (Å²) in [7, 11) is 1.54. The lowest BCUT2D eigenvalue weighted by atomic mass is 9.88. The second-order valence-corrected chi connectivity index (χ2v) is 5.57. The van der Waals surface area contributed by atoms with Crippen molar-refractivity contribution in [2.24, 2.45) is 5.41 Å². The van der Waals surface area contributed by atoms with E-state index >= 15 is 0 Å². The second-order valence-electron chi connectivity index (χ2n) is 5.57. The molecule has 0 radical (unpaired) electrons. The van der Waals surface area contributed by atoms with Crippen LogP contribution in [0.25, 0.3) is 0 Å². The van der Waals surface area contributed by atoms with Crippen LogP contribution in [0, 0.1) is 11.2 Å². The molecule has 1 amide bonds. The minimum absolute atomic E-state index is 0. The van der Waals surface area contributed by atoms with E-state index in [1.165, 1.54) is 19.2 Å². The standard InChI is InChI=1S/C15H21FN2O2.ClH/c1-10(12-8-11(16)4-5-13(12)20-3)18-14(19)15(2)6-7-17-9-15;/h4-5,8,10,17H,6-7,9H2,1-3H3,(H,18,19);1H. The third-order valence-electron chi connectivity index (χ3n) is 3.92. The number of methoxy groups -OCH3 is 1. The summed E-state index contributed by atoms with van der Waals surface area (Å²) in [5, 5.41) is 6.15. The monoisotopic (exact) mass is 316 g/mol. The molecule has 0 saturated carbocycles. The summed E-state index contributed by atoms with van der Waals surface area (Å²) in [4.78, 5) is 12.3. The van der Waals surface area contributed by atoms with Gasteiger partial charge < -0.3 is 15.4 Å². The molecular weight excluding hydrogens is 295 g/mol. The molecule has 0 bridgehead atoms. The summed E-state index contributed by atoms with van der Waals surface area (Å²) in [5.41, 5.74) is 0.254. The Balaban J connectivity index is 0.00000220. The van der Waals surface area contributed by atoms with E-state index in [9.17, 15) is 9.18 Å². The third kappa shape index (κ3) is 3.86. The Kier molecular flexibility index (Phi) is 5.98. The van der Waals surface area contributed by atoms with Crippen LogP contribution in [-0.4, -0.2) is 26.1 Å². The Bertz CT molecular complexity index is 504. The fraction of sp³-hybridized carbons (Fsp3) is 0.533. The molecule has 1 aromatic rings. The van der Waals surface area contributed by atoms with Gasteiger partial charge in [-0.3, -0.25) is 4.79 Å². The minimum atomic E-state index is -0.394. The fourth-order valence-corrected chi connectivity index (χ4v) is 2.50. The summed E-state index contributed by atoms with van der Waals surface area (Å²) >= 11 is 0. The van der Waals surface area contributed by atoms with Gasteiger partial charge in [-0.15, -0.1) is 12.4 Å². The highest BCUT2D eigenvalue weighted by atomic mass is 35.5. The van der Waals surface area contributed by atoms with Gasteiger partial charge in [0.1, 0.15) is 11.6 Å². The Morgan fingerprint density at radius 1 is 1.52 bits per heavy atom. The van der Waals surface area contributed by atoms with Crippen LogP contribution < -0.4 is 15.4 Å². The molecular formula is C15H22ClFN2O2. The quantitative estimate of drug-likeness (QED) is 0.897. The van der Waals surface area contributed by atoms with Crippen molar-refractivity contribution in [1.29, 1.82) is 0 Å². The van der Waals surface area contributed by atoms with E-state index < -0.39 is 5.41 Å². The minimum Gasteiger partial charge on any atom is -0.496 e. The first-order chi connectivity index (χ1) is 9.46. The first-order valence-electron chi connectivity index (χ1n) is 6.81. The molecule has 2 unspecified atom stereocenters. The fourth-order valence-electron chi connectivity index (χ4n) is 2.50. The van der Waals surface area contributed by atoms with Crippen LogP contribution in [0.1, 0.15) is 31.9 Å². The SMILES string of the molecule is COc1ccc(F)cc1C(C)NC(=O)C1(C)CCNC1.Cl. The number of carbonyl (C=O) groups is 1. The molecule has 0 aromatic heterocycles. The molecule has 2 atom stereocenters. The molecule has 2 rings (SSSR count). The number of ether oxygens (including phenoxy) is 1. The van der Waals surface area contributed by atoms with E-state index in [1.807, 2.05) is 13.8 Å². The van der Waals surface area contributed by atoms with Gasteiger partial charge in [-0.25, -0.2) is 4.39 Å². The van der Waals surface area contributed by atoms with E-state index in [-0.39, 0.29) is 30.2 Å². The number of rotatable bonds is 4. The number of carbonyl (C=O) groups excluding carboxylic acids is 1. The van der Waals surface area contributed by atoms with Crippen LogP contribution in [0.5, 0.6) is 5.75 Å². The zero-order valence-electron chi connectivity index (χ0n) is 12.5. The van der Waals surface area contributed by atoms with E-state index in [0.29, 0.717) is 17.9 Å². The zero-order chi connectivity index (χ0) is 14.8. The molecule has 0 aliphatic carbocycles. The number of hydrogen-bond acceptors (Lipinski definition) is 3. The van der Waals surface area contributed by atoms with Crippen molar-refractivity contribution in [2.75, 3.05) is 20.2 Å². The van der Waals surface area contributed by atoms with Crippen molar-refractivity contribution in [3.63, 3.8) is 0 Å². The predicted octanol–water partition coefficient (Wildman–Crippen LogP) is 2.43. The maximum Gasteiger partial charge on any atom is 0.227 e. The Hall–Kier alpha value is -1.33. The summed E-state index contributed by atoms with van der Waals surface area (Å²) in [6.07, 6.45) is 0.811. The maximum absolute atomic E-state index is 13.4. The molecule has 2 N–H and O–H groups in total. The molecule has 21 heavy (non-hydrogen) atoms. The summed E-state index contributed by atoms with van der Waals surface area (Å²) in [5.74, 6) is 0.228. The Morgan fingerprint density at radius 2 is 2.24 bits per heavy atom. The largest absolute Gasteiger partial charge is 0.496 e. The topological polar surface area (TPSA) is 50.4 Å². The van der Waals surface area contributed by atoms with Crippen molar-refractivity contribution in [3.05, 3.63) is 29.6 Å². The van der Waals surface area contributed by atoms with Crippen molar-refractivity contribution in [3.8, 4) is 5.75 Å². The van der Waals surface area contributed by atoms with Gasteiger partial charge in [0.05, 0.1) is 18.6 Å². The van der Waals surface area contributed by atoms with Crippen LogP contribution in [0.3, 0.4) is 0 Å². The number of amides is 1. The van der Waals surface area contributed by atoms with Gasteiger partial charge in [-0.05, 0) is 45.0 Å². The van der Waals surface area contributed by atoms with E-state index in [1.54, 1.807) is 6.07 Å². The van der Waals surface area contributed by atoms with Gasteiger partial charge in [0.15, 0.2) is 0 Å². The highest BCUT2D eigenvalue weighted by Gasteiger charge is 2.37. The van der Waals surface area contributed by atoms with Crippen molar-refractivity contribution in [2.45, 2.75) is 26.3 Å². The molecule has 1 heterocycles. The van der Waals surface area contributed by atoms with Crippen molar-refractivity contribution >= 4 is 18.3 Å². The highest BCUT2D eigenvalue weighted by molar-refractivity contribution is 5.85. The predicted molar refractivity (Wildman–Crippen MR) is 82.4 cm³/mol. The summed E-state index contributed by atoms with van der Waals surface area (Å²) in [6, 6.07) is 4.02. The van der Waals surface area contributed by atoms with Gasteiger partial charge in [0.25, 0.3) is 0 Å². The van der Waals surface area contributed by atoms with Gasteiger partial charge in [0.2, 0.25) is 5.91 Å². The first-order valence-corrected chi connectivity index (χ1v) is 6.81. The lowest BCUT2D eigenvalue weighted by Gasteiger charge is -2.25. The Labute approximate surface area is 130 Å². The van der Waals surface area contributed by atoms with Crippen LogP contribution in [0.15, 0.2) is 18.2 Å². The first kappa shape index (κ1) is 17.7. The van der Waals surface area contributed by atoms with Gasteiger partial charge >= 0.3 is 0 Å². The molecule has 118 valence electrons. The normalized spacial score (nSPS) is 22.3. The van der Waals surface area contributed by atoms with Crippen LogP contribution in [-0.2, 0) is 4.79 Å². The lowest BCUT2D eigenvalue weighted by Crippen LogP contribution is -2.41. The number of halogens is 2. The zero-order valence-corrected chi connectivity index (χ0v) is 13.3.